The molecule has 1 saturated heterocycles. The van der Waals surface area contributed by atoms with Crippen LogP contribution in [0.5, 0.6) is 0 Å². The van der Waals surface area contributed by atoms with Crippen molar-refractivity contribution in [2.24, 2.45) is 0 Å². The quantitative estimate of drug-likeness (QED) is 0.578. The summed E-state index contributed by atoms with van der Waals surface area (Å²) in [5.74, 6) is -1.76. The van der Waals surface area contributed by atoms with Crippen molar-refractivity contribution in [2.45, 2.75) is 25.7 Å². The van der Waals surface area contributed by atoms with E-state index in [4.69, 9.17) is 14.3 Å². The predicted molar refractivity (Wildman–Crippen MR) is 57.9 cm³/mol. The zero-order valence-corrected chi connectivity index (χ0v) is 8.91. The van der Waals surface area contributed by atoms with Gasteiger partial charge in [-0.2, -0.15) is 0 Å². The van der Waals surface area contributed by atoms with Gasteiger partial charge in [0.2, 0.25) is 5.91 Å². The summed E-state index contributed by atoms with van der Waals surface area (Å²) in [6.07, 6.45) is 2.18. The molecule has 0 aromatic heterocycles. The Bertz CT molecular complexity index is 371. The first-order valence-corrected chi connectivity index (χ1v) is 5.12. The van der Waals surface area contributed by atoms with Gasteiger partial charge in [-0.1, -0.05) is 0 Å². The summed E-state index contributed by atoms with van der Waals surface area (Å²) >= 11 is 0. The molecule has 0 aromatic carbocycles. The first-order valence-electron chi connectivity index (χ1n) is 6.62. The molecule has 0 atom stereocenters. The second-order valence-electron chi connectivity index (χ2n) is 3.51. The van der Waals surface area contributed by atoms with Crippen LogP contribution in [-0.2, 0) is 14.3 Å². The van der Waals surface area contributed by atoms with Gasteiger partial charge in [-0.3, -0.25) is 20.3 Å². The number of hydrogen-bond acceptors (Lipinski definition) is 4. The molecule has 0 unspecified atom stereocenters. The second-order valence-corrected chi connectivity index (χ2v) is 3.51. The highest BCUT2D eigenvalue weighted by atomic mass is 16.5. The van der Waals surface area contributed by atoms with Crippen molar-refractivity contribution in [3.8, 4) is 0 Å². The summed E-state index contributed by atoms with van der Waals surface area (Å²) in [6, 6.07) is 0. The maximum atomic E-state index is 11.5. The summed E-state index contributed by atoms with van der Waals surface area (Å²) in [5.41, 5.74) is 0. The standard InChI is InChI=1S/C10H17N3O3/c1-13-7-9(15)16-6-4-2-3-5-8(14)12-10(13)11/h2-7H2,1H3,(H2,11,12,14)/i1D3. The van der Waals surface area contributed by atoms with Crippen LogP contribution in [0.3, 0.4) is 0 Å². The lowest BCUT2D eigenvalue weighted by Crippen LogP contribution is -2.43. The van der Waals surface area contributed by atoms with E-state index < -0.39 is 31.4 Å². The van der Waals surface area contributed by atoms with E-state index in [1.165, 1.54) is 0 Å². The molecule has 1 aliphatic heterocycles. The number of likely N-dealkylation sites (N-methyl/N-ethyl adjacent to an activating group) is 1. The number of hydrogen-bond donors (Lipinski definition) is 2. The zero-order chi connectivity index (χ0) is 14.5. The number of nitrogens with zero attached hydrogens (tertiary/aromatic N) is 1. The Balaban J connectivity index is 2.81. The monoisotopic (exact) mass is 230 g/mol. The average Bonchev–Trinajstić information content (AvgIpc) is 2.27. The van der Waals surface area contributed by atoms with Crippen molar-refractivity contribution in [1.82, 2.24) is 10.2 Å². The molecule has 0 aliphatic carbocycles. The van der Waals surface area contributed by atoms with Crippen molar-refractivity contribution in [3.63, 3.8) is 0 Å². The molecule has 2 N–H and O–H groups in total. The lowest BCUT2D eigenvalue weighted by Gasteiger charge is -2.19. The molecule has 0 saturated carbocycles. The van der Waals surface area contributed by atoms with Gasteiger partial charge in [0.15, 0.2) is 5.96 Å². The number of nitrogens with one attached hydrogen (secondary N) is 2. The third-order valence-electron chi connectivity index (χ3n) is 2.13. The van der Waals surface area contributed by atoms with Crippen molar-refractivity contribution in [1.29, 1.82) is 5.41 Å². The fourth-order valence-electron chi connectivity index (χ4n) is 1.27. The number of esters is 1. The van der Waals surface area contributed by atoms with Crippen LogP contribution in [0.2, 0.25) is 0 Å². The van der Waals surface area contributed by atoms with E-state index in [0.717, 1.165) is 6.42 Å². The van der Waals surface area contributed by atoms with Gasteiger partial charge in [0.1, 0.15) is 6.54 Å². The highest BCUT2D eigenvalue weighted by molar-refractivity contribution is 5.96. The van der Waals surface area contributed by atoms with Gasteiger partial charge in [-0.25, -0.2) is 0 Å². The summed E-state index contributed by atoms with van der Waals surface area (Å²) in [4.78, 5) is 23.5. The molecule has 1 aliphatic rings. The third kappa shape index (κ3) is 4.29. The minimum atomic E-state index is -2.69. The van der Waals surface area contributed by atoms with E-state index in [0.29, 0.717) is 17.7 Å². The van der Waals surface area contributed by atoms with E-state index in [1.807, 2.05) is 0 Å². The normalized spacial score (nSPS) is 24.1. The minimum absolute atomic E-state index is 0.197. The lowest BCUT2D eigenvalue weighted by molar-refractivity contribution is -0.144. The van der Waals surface area contributed by atoms with Crippen LogP contribution in [0.4, 0.5) is 0 Å². The van der Waals surface area contributed by atoms with E-state index in [-0.39, 0.29) is 13.0 Å². The van der Waals surface area contributed by atoms with Crippen LogP contribution in [0, 0.1) is 5.41 Å². The van der Waals surface area contributed by atoms with Crippen LogP contribution in [0.25, 0.3) is 0 Å². The molecule has 6 heteroatoms. The SMILES string of the molecule is [2H]C([2H])([2H])N1CC(=O)OCCCCCC(=O)NC1=N. The first-order chi connectivity index (χ1) is 8.80. The number of amides is 1. The smallest absolute Gasteiger partial charge is 0.325 e. The molecule has 1 amide bonds. The maximum absolute atomic E-state index is 11.5. The Morgan fingerprint density at radius 3 is 3.00 bits per heavy atom. The minimum Gasteiger partial charge on any atom is -0.464 e. The average molecular weight is 230 g/mol. The van der Waals surface area contributed by atoms with Crippen molar-refractivity contribution in [2.75, 3.05) is 20.1 Å². The molecule has 0 spiro atoms. The van der Waals surface area contributed by atoms with Crippen molar-refractivity contribution < 1.29 is 18.4 Å². The Labute approximate surface area is 98.7 Å². The summed E-state index contributed by atoms with van der Waals surface area (Å²) in [7, 11) is 0. The maximum Gasteiger partial charge on any atom is 0.325 e. The van der Waals surface area contributed by atoms with E-state index in [9.17, 15) is 9.59 Å². The van der Waals surface area contributed by atoms with Gasteiger partial charge in [0, 0.05) is 17.5 Å². The van der Waals surface area contributed by atoms with Crippen molar-refractivity contribution >= 4 is 17.8 Å². The van der Waals surface area contributed by atoms with Gasteiger partial charge in [0.05, 0.1) is 6.61 Å². The number of rotatable bonds is 0. The van der Waals surface area contributed by atoms with Crippen LogP contribution >= 0.6 is 0 Å². The van der Waals surface area contributed by atoms with Crippen LogP contribution in [0.15, 0.2) is 0 Å². The summed E-state index contributed by atoms with van der Waals surface area (Å²) < 4.78 is 26.7. The Hall–Kier alpha value is -1.59. The number of ether oxygens (including phenoxy) is 1. The van der Waals surface area contributed by atoms with Gasteiger partial charge in [0.25, 0.3) is 0 Å². The summed E-state index contributed by atoms with van der Waals surface area (Å²) in [5, 5.41) is 9.76. The van der Waals surface area contributed by atoms with E-state index in [2.05, 4.69) is 5.32 Å². The van der Waals surface area contributed by atoms with Crippen LogP contribution < -0.4 is 5.32 Å². The fourth-order valence-corrected chi connectivity index (χ4v) is 1.27. The molecule has 0 aromatic rings. The molecular formula is C10H17N3O3. The number of guanidine groups is 1. The highest BCUT2D eigenvalue weighted by Crippen LogP contribution is 2.02. The van der Waals surface area contributed by atoms with Gasteiger partial charge < -0.3 is 9.64 Å². The Morgan fingerprint density at radius 1 is 1.44 bits per heavy atom. The molecule has 1 rings (SSSR count). The Morgan fingerprint density at radius 2 is 2.25 bits per heavy atom. The van der Waals surface area contributed by atoms with Crippen LogP contribution in [0.1, 0.15) is 29.8 Å². The molecule has 0 radical (unpaired) electrons. The molecular weight excluding hydrogens is 210 g/mol. The van der Waals surface area contributed by atoms with Gasteiger partial charge >= 0.3 is 5.97 Å². The molecule has 1 heterocycles. The number of carbonyl (C=O) groups is 2. The number of carbonyl (C=O) groups excluding carboxylic acids is 2. The largest absolute Gasteiger partial charge is 0.464 e. The highest BCUT2D eigenvalue weighted by Gasteiger charge is 2.14. The predicted octanol–water partition coefficient (Wildman–Crippen LogP) is 0.0864. The van der Waals surface area contributed by atoms with E-state index >= 15 is 0 Å². The Kier molecular flexibility index (Phi) is 3.26. The molecule has 6 nitrogen and oxygen atoms in total. The topological polar surface area (TPSA) is 82.5 Å². The fraction of sp³-hybridized carbons (Fsp3) is 0.700. The number of cyclic esters (lactones) is 1. The molecule has 16 heavy (non-hydrogen) atoms. The van der Waals surface area contributed by atoms with Crippen molar-refractivity contribution in [3.05, 3.63) is 0 Å². The van der Waals surface area contributed by atoms with Crippen LogP contribution in [-0.4, -0.2) is 42.9 Å². The third-order valence-corrected chi connectivity index (χ3v) is 2.13. The molecule has 90 valence electrons. The van der Waals surface area contributed by atoms with Gasteiger partial charge in [-0.15, -0.1) is 0 Å². The van der Waals surface area contributed by atoms with Gasteiger partial charge in [-0.05, 0) is 19.3 Å². The first kappa shape index (κ1) is 8.55. The van der Waals surface area contributed by atoms with E-state index in [1.54, 1.807) is 0 Å². The molecule has 1 fully saturated rings. The second kappa shape index (κ2) is 6.09. The lowest BCUT2D eigenvalue weighted by atomic mass is 10.2. The summed E-state index contributed by atoms with van der Waals surface area (Å²) in [6.45, 7) is -3.08. The zero-order valence-electron chi connectivity index (χ0n) is 11.9. The molecule has 0 bridgehead atoms.